The van der Waals surface area contributed by atoms with Crippen LogP contribution in [0.5, 0.6) is 11.5 Å². The summed E-state index contributed by atoms with van der Waals surface area (Å²) in [6, 6.07) is 5.10. The lowest BCUT2D eigenvalue weighted by Gasteiger charge is -2.27. The molecule has 138 valence electrons. The number of halogens is 1. The lowest BCUT2D eigenvalue weighted by Crippen LogP contribution is -2.37. The molecule has 1 aliphatic rings. The van der Waals surface area contributed by atoms with Crippen LogP contribution in [0, 0.1) is 5.82 Å². The first-order chi connectivity index (χ1) is 12.7. The third kappa shape index (κ3) is 4.17. The molecule has 2 aromatic rings. The molecule has 0 amide bonds. The average molecular weight is 361 g/mol. The van der Waals surface area contributed by atoms with E-state index in [9.17, 15) is 9.50 Å². The number of para-hydroxylation sites is 1. The van der Waals surface area contributed by atoms with Crippen molar-refractivity contribution in [2.24, 2.45) is 5.10 Å². The average Bonchev–Trinajstić information content (AvgIpc) is 2.67. The molecule has 0 spiro atoms. The third-order valence-corrected chi connectivity index (χ3v) is 3.73. The van der Waals surface area contributed by atoms with E-state index in [-0.39, 0.29) is 17.5 Å². The van der Waals surface area contributed by atoms with Crippen LogP contribution in [0.25, 0.3) is 0 Å². The molecule has 3 rings (SSSR count). The van der Waals surface area contributed by atoms with Crippen LogP contribution in [0.2, 0.25) is 0 Å². The zero-order valence-corrected chi connectivity index (χ0v) is 14.4. The Morgan fingerprint density at radius 1 is 1.42 bits per heavy atom. The van der Waals surface area contributed by atoms with Gasteiger partial charge in [-0.05, 0) is 19.1 Å². The highest BCUT2D eigenvalue weighted by Gasteiger charge is 2.17. The number of anilines is 2. The van der Waals surface area contributed by atoms with Gasteiger partial charge in [-0.2, -0.15) is 10.1 Å². The molecule has 0 atom stereocenters. The molecule has 8 nitrogen and oxygen atoms in total. The lowest BCUT2D eigenvalue weighted by molar-refractivity contribution is 0.122. The van der Waals surface area contributed by atoms with E-state index in [4.69, 9.17) is 9.47 Å². The predicted octanol–water partition coefficient (Wildman–Crippen LogP) is 2.00. The van der Waals surface area contributed by atoms with Crippen molar-refractivity contribution in [1.82, 2.24) is 9.97 Å². The van der Waals surface area contributed by atoms with Crippen LogP contribution in [0.3, 0.4) is 0 Å². The minimum Gasteiger partial charge on any atom is -0.504 e. The van der Waals surface area contributed by atoms with Gasteiger partial charge < -0.3 is 19.5 Å². The van der Waals surface area contributed by atoms with E-state index in [1.807, 2.05) is 6.92 Å². The summed E-state index contributed by atoms with van der Waals surface area (Å²) >= 11 is 0. The van der Waals surface area contributed by atoms with Crippen LogP contribution in [0.15, 0.2) is 29.5 Å². The van der Waals surface area contributed by atoms with Gasteiger partial charge in [-0.3, -0.25) is 0 Å². The number of hydrogen-bond donors (Lipinski definition) is 2. The van der Waals surface area contributed by atoms with Crippen LogP contribution in [-0.2, 0) is 4.74 Å². The second-order valence-corrected chi connectivity index (χ2v) is 5.46. The number of aromatic nitrogens is 2. The van der Waals surface area contributed by atoms with Crippen molar-refractivity contribution < 1.29 is 19.0 Å². The van der Waals surface area contributed by atoms with Crippen molar-refractivity contribution in [3.05, 3.63) is 35.8 Å². The van der Waals surface area contributed by atoms with Crippen molar-refractivity contribution in [1.29, 1.82) is 0 Å². The van der Waals surface area contributed by atoms with E-state index < -0.39 is 5.82 Å². The summed E-state index contributed by atoms with van der Waals surface area (Å²) in [5, 5.41) is 14.1. The van der Waals surface area contributed by atoms with Gasteiger partial charge in [0.1, 0.15) is 0 Å². The van der Waals surface area contributed by atoms with Gasteiger partial charge in [0.2, 0.25) is 5.95 Å². The lowest BCUT2D eigenvalue weighted by atomic mass is 10.2. The van der Waals surface area contributed by atoms with Crippen LogP contribution < -0.4 is 15.1 Å². The fourth-order valence-corrected chi connectivity index (χ4v) is 2.48. The highest BCUT2D eigenvalue weighted by molar-refractivity contribution is 5.85. The van der Waals surface area contributed by atoms with Gasteiger partial charge in [0, 0.05) is 18.7 Å². The van der Waals surface area contributed by atoms with Gasteiger partial charge in [-0.1, -0.05) is 6.07 Å². The predicted molar refractivity (Wildman–Crippen MR) is 95.5 cm³/mol. The molecule has 0 bridgehead atoms. The molecule has 1 saturated heterocycles. The maximum Gasteiger partial charge on any atom is 0.245 e. The number of aromatic hydroxyl groups is 1. The first-order valence-electron chi connectivity index (χ1n) is 8.28. The quantitative estimate of drug-likeness (QED) is 0.600. The normalized spacial score (nSPS) is 14.6. The molecular formula is C17H20FN5O3. The first-order valence-corrected chi connectivity index (χ1v) is 8.28. The summed E-state index contributed by atoms with van der Waals surface area (Å²) in [5.74, 6) is 0.244. The number of benzene rings is 1. The molecule has 0 saturated carbocycles. The van der Waals surface area contributed by atoms with E-state index in [0.717, 1.165) is 6.20 Å². The fraction of sp³-hybridized carbons (Fsp3) is 0.353. The maximum absolute atomic E-state index is 14.0. The number of nitrogens with one attached hydrogen (secondary N) is 1. The zero-order chi connectivity index (χ0) is 18.4. The molecule has 1 aromatic carbocycles. The number of morpholine rings is 1. The Balaban J connectivity index is 1.71. The number of phenols is 1. The number of hydrazone groups is 1. The topological polar surface area (TPSA) is 92.1 Å². The molecule has 1 aromatic heterocycles. The van der Waals surface area contributed by atoms with E-state index >= 15 is 0 Å². The van der Waals surface area contributed by atoms with E-state index in [1.165, 1.54) is 6.21 Å². The molecule has 0 radical (unpaired) electrons. The maximum atomic E-state index is 14.0. The summed E-state index contributed by atoms with van der Waals surface area (Å²) in [6.07, 6.45) is 2.52. The highest BCUT2D eigenvalue weighted by atomic mass is 19.1. The molecular weight excluding hydrogens is 341 g/mol. The number of ether oxygens (including phenoxy) is 2. The summed E-state index contributed by atoms with van der Waals surface area (Å²) in [7, 11) is 0. The van der Waals surface area contributed by atoms with Gasteiger partial charge in [-0.15, -0.1) is 0 Å². The number of phenolic OH excluding ortho intramolecular Hbond substituents is 1. The summed E-state index contributed by atoms with van der Waals surface area (Å²) in [5.41, 5.74) is 3.12. The second-order valence-electron chi connectivity index (χ2n) is 5.46. The van der Waals surface area contributed by atoms with Gasteiger partial charge >= 0.3 is 0 Å². The molecule has 0 aliphatic carbocycles. The summed E-state index contributed by atoms with van der Waals surface area (Å²) in [6.45, 7) is 4.46. The second kappa shape index (κ2) is 8.43. The minimum atomic E-state index is -0.497. The van der Waals surface area contributed by atoms with Crippen molar-refractivity contribution in [2.45, 2.75) is 6.92 Å². The van der Waals surface area contributed by atoms with Crippen molar-refractivity contribution >= 4 is 18.0 Å². The zero-order valence-electron chi connectivity index (χ0n) is 14.4. The smallest absolute Gasteiger partial charge is 0.245 e. The SMILES string of the molecule is CCOc1cccc(C=NNc2ncc(F)c(N3CCOCC3)n2)c1O. The third-order valence-electron chi connectivity index (χ3n) is 3.73. The fourth-order valence-electron chi connectivity index (χ4n) is 2.48. The molecule has 1 aliphatic heterocycles. The standard InChI is InChI=1S/C17H20FN5O3/c1-2-26-14-5-3-4-12(15(14)24)10-20-22-17-19-11-13(18)16(21-17)23-6-8-25-9-7-23/h3-5,10-11,24H,2,6-9H2,1H3,(H,19,21,22). The Morgan fingerprint density at radius 3 is 3.00 bits per heavy atom. The van der Waals surface area contributed by atoms with Gasteiger partial charge in [-0.25, -0.2) is 14.8 Å². The van der Waals surface area contributed by atoms with E-state index in [0.29, 0.717) is 44.2 Å². The molecule has 9 heteroatoms. The Morgan fingerprint density at radius 2 is 2.23 bits per heavy atom. The van der Waals surface area contributed by atoms with E-state index in [2.05, 4.69) is 20.5 Å². The van der Waals surface area contributed by atoms with Crippen LogP contribution in [0.1, 0.15) is 12.5 Å². The van der Waals surface area contributed by atoms with Gasteiger partial charge in [0.15, 0.2) is 23.1 Å². The highest BCUT2D eigenvalue weighted by Crippen LogP contribution is 2.28. The Kier molecular flexibility index (Phi) is 5.80. The summed E-state index contributed by atoms with van der Waals surface area (Å²) in [4.78, 5) is 9.85. The molecule has 0 unspecified atom stereocenters. The first kappa shape index (κ1) is 17.9. The molecule has 26 heavy (non-hydrogen) atoms. The van der Waals surface area contributed by atoms with Crippen molar-refractivity contribution in [3.8, 4) is 11.5 Å². The van der Waals surface area contributed by atoms with Crippen molar-refractivity contribution in [3.63, 3.8) is 0 Å². The van der Waals surface area contributed by atoms with Crippen LogP contribution in [-0.4, -0.2) is 54.2 Å². The van der Waals surface area contributed by atoms with Crippen LogP contribution >= 0.6 is 0 Å². The van der Waals surface area contributed by atoms with E-state index in [1.54, 1.807) is 23.1 Å². The Bertz CT molecular complexity index is 781. The Labute approximate surface area is 150 Å². The van der Waals surface area contributed by atoms with Gasteiger partial charge in [0.25, 0.3) is 0 Å². The number of rotatable bonds is 6. The largest absolute Gasteiger partial charge is 0.504 e. The molecule has 2 N–H and O–H groups in total. The summed E-state index contributed by atoms with van der Waals surface area (Å²) < 4.78 is 24.6. The number of hydrogen-bond acceptors (Lipinski definition) is 8. The molecule has 1 fully saturated rings. The number of nitrogens with zero attached hydrogens (tertiary/aromatic N) is 4. The Hall–Kier alpha value is -2.94. The monoisotopic (exact) mass is 361 g/mol. The minimum absolute atomic E-state index is 0.00562. The van der Waals surface area contributed by atoms with Gasteiger partial charge in [0.05, 0.1) is 32.2 Å². The molecule has 2 heterocycles. The van der Waals surface area contributed by atoms with Crippen molar-refractivity contribution in [2.75, 3.05) is 43.2 Å². The van der Waals surface area contributed by atoms with Crippen LogP contribution in [0.4, 0.5) is 16.2 Å².